The lowest BCUT2D eigenvalue weighted by atomic mass is 9.60. The molecule has 0 radical (unpaired) electrons. The van der Waals surface area contributed by atoms with Crippen molar-refractivity contribution in [2.45, 2.75) is 52.1 Å². The molecular weight excluding hydrogens is 214 g/mol. The Balaban J connectivity index is 2.73. The molecular formula is C14H29NO2. The van der Waals surface area contributed by atoms with Crippen LogP contribution in [0.4, 0.5) is 0 Å². The van der Waals surface area contributed by atoms with Gasteiger partial charge in [-0.25, -0.2) is 0 Å². The van der Waals surface area contributed by atoms with E-state index in [0.29, 0.717) is 13.2 Å². The predicted molar refractivity (Wildman–Crippen MR) is 70.8 cm³/mol. The van der Waals surface area contributed by atoms with E-state index in [1.807, 2.05) is 6.92 Å². The van der Waals surface area contributed by atoms with Crippen LogP contribution in [0, 0.1) is 17.3 Å². The second kappa shape index (κ2) is 5.68. The van der Waals surface area contributed by atoms with E-state index in [-0.39, 0.29) is 5.41 Å². The van der Waals surface area contributed by atoms with Gasteiger partial charge in [0.1, 0.15) is 0 Å². The zero-order chi connectivity index (χ0) is 13.1. The highest BCUT2D eigenvalue weighted by Gasteiger charge is 2.48. The van der Waals surface area contributed by atoms with Crippen molar-refractivity contribution in [1.29, 1.82) is 0 Å². The quantitative estimate of drug-likeness (QED) is 0.778. The Morgan fingerprint density at radius 1 is 1.41 bits per heavy atom. The van der Waals surface area contributed by atoms with E-state index in [2.05, 4.69) is 13.8 Å². The zero-order valence-electron chi connectivity index (χ0n) is 11.8. The molecule has 0 bridgehead atoms. The second-order valence-electron chi connectivity index (χ2n) is 6.27. The minimum atomic E-state index is -0.807. The minimum absolute atomic E-state index is 0.158. The van der Waals surface area contributed by atoms with Gasteiger partial charge in [0.15, 0.2) is 0 Å². The first kappa shape index (κ1) is 14.9. The van der Waals surface area contributed by atoms with Crippen LogP contribution >= 0.6 is 0 Å². The summed E-state index contributed by atoms with van der Waals surface area (Å²) in [6.45, 7) is 7.37. The molecule has 17 heavy (non-hydrogen) atoms. The van der Waals surface area contributed by atoms with Crippen molar-refractivity contribution < 1.29 is 9.84 Å². The highest BCUT2D eigenvalue weighted by Crippen LogP contribution is 2.47. The molecule has 1 saturated carbocycles. The lowest BCUT2D eigenvalue weighted by molar-refractivity contribution is -0.129. The summed E-state index contributed by atoms with van der Waals surface area (Å²) in [7, 11) is 1.64. The van der Waals surface area contributed by atoms with Crippen molar-refractivity contribution in [3.63, 3.8) is 0 Å². The Morgan fingerprint density at radius 2 is 1.94 bits per heavy atom. The Hall–Kier alpha value is -0.120. The molecule has 3 nitrogen and oxygen atoms in total. The lowest BCUT2D eigenvalue weighted by Crippen LogP contribution is -2.55. The van der Waals surface area contributed by atoms with E-state index >= 15 is 0 Å². The molecule has 0 aromatic heterocycles. The van der Waals surface area contributed by atoms with E-state index < -0.39 is 5.60 Å². The van der Waals surface area contributed by atoms with Gasteiger partial charge in [0, 0.05) is 19.1 Å². The molecule has 0 aromatic rings. The van der Waals surface area contributed by atoms with E-state index in [9.17, 15) is 5.11 Å². The molecule has 0 aromatic carbocycles. The third kappa shape index (κ3) is 3.01. The number of hydrogen-bond donors (Lipinski definition) is 2. The fraction of sp³-hybridized carbons (Fsp3) is 1.00. The summed E-state index contributed by atoms with van der Waals surface area (Å²) in [6, 6.07) is 0. The van der Waals surface area contributed by atoms with Crippen LogP contribution in [0.5, 0.6) is 0 Å². The Labute approximate surface area is 106 Å². The Bertz CT molecular complexity index is 230. The standard InChI is InChI=1S/C14H29NO2/c1-11(2)12-5-7-14(9-15,8-6-12)13(3,16)10-17-4/h11-12,16H,5-10,15H2,1-4H3. The van der Waals surface area contributed by atoms with Gasteiger partial charge in [-0.2, -0.15) is 0 Å². The lowest BCUT2D eigenvalue weighted by Gasteiger charge is -2.49. The first-order valence-electron chi connectivity index (χ1n) is 6.80. The topological polar surface area (TPSA) is 55.5 Å². The number of hydrogen-bond acceptors (Lipinski definition) is 3. The van der Waals surface area contributed by atoms with Crippen molar-refractivity contribution in [3.8, 4) is 0 Å². The van der Waals surface area contributed by atoms with Crippen LogP contribution in [0.1, 0.15) is 46.5 Å². The Morgan fingerprint density at radius 3 is 2.29 bits per heavy atom. The van der Waals surface area contributed by atoms with Gasteiger partial charge in [-0.1, -0.05) is 13.8 Å². The van der Waals surface area contributed by atoms with Gasteiger partial charge in [-0.15, -0.1) is 0 Å². The smallest absolute Gasteiger partial charge is 0.0919 e. The summed E-state index contributed by atoms with van der Waals surface area (Å²) in [5.74, 6) is 1.52. The van der Waals surface area contributed by atoms with Gasteiger partial charge >= 0.3 is 0 Å². The SMILES string of the molecule is COCC(C)(O)C1(CN)CCC(C(C)C)CC1. The summed E-state index contributed by atoms with van der Waals surface area (Å²) < 4.78 is 5.16. The Kier molecular flexibility index (Phi) is 4.99. The molecule has 0 amide bonds. The van der Waals surface area contributed by atoms with Gasteiger partial charge in [0.2, 0.25) is 0 Å². The zero-order valence-corrected chi connectivity index (χ0v) is 11.8. The fourth-order valence-corrected chi connectivity index (χ4v) is 3.26. The first-order chi connectivity index (χ1) is 7.88. The van der Waals surface area contributed by atoms with Crippen LogP contribution in [-0.2, 0) is 4.74 Å². The number of nitrogens with two attached hydrogens (primary N) is 1. The molecule has 0 spiro atoms. The predicted octanol–water partition coefficient (Wildman–Crippen LogP) is 2.18. The maximum absolute atomic E-state index is 10.6. The van der Waals surface area contributed by atoms with Crippen LogP contribution < -0.4 is 5.73 Å². The fourth-order valence-electron chi connectivity index (χ4n) is 3.26. The van der Waals surface area contributed by atoms with E-state index in [0.717, 1.165) is 24.7 Å². The van der Waals surface area contributed by atoms with E-state index in [4.69, 9.17) is 10.5 Å². The molecule has 0 saturated heterocycles. The third-order valence-corrected chi connectivity index (χ3v) is 4.89. The monoisotopic (exact) mass is 243 g/mol. The van der Waals surface area contributed by atoms with Crippen molar-refractivity contribution in [1.82, 2.24) is 0 Å². The van der Waals surface area contributed by atoms with Crippen molar-refractivity contribution >= 4 is 0 Å². The molecule has 1 fully saturated rings. The van der Waals surface area contributed by atoms with Gasteiger partial charge in [-0.3, -0.25) is 0 Å². The van der Waals surface area contributed by atoms with Crippen molar-refractivity contribution in [3.05, 3.63) is 0 Å². The molecule has 0 heterocycles. The molecule has 1 rings (SSSR count). The number of rotatable bonds is 5. The van der Waals surface area contributed by atoms with Crippen LogP contribution in [0.3, 0.4) is 0 Å². The highest BCUT2D eigenvalue weighted by molar-refractivity contribution is 4.99. The highest BCUT2D eigenvalue weighted by atomic mass is 16.5. The summed E-state index contributed by atoms with van der Waals surface area (Å²) in [5.41, 5.74) is 5.00. The normalized spacial score (nSPS) is 33.7. The molecule has 3 N–H and O–H groups in total. The molecule has 3 heteroatoms. The first-order valence-corrected chi connectivity index (χ1v) is 6.80. The molecule has 1 atom stereocenters. The van der Waals surface area contributed by atoms with Gasteiger partial charge in [0.25, 0.3) is 0 Å². The largest absolute Gasteiger partial charge is 0.387 e. The van der Waals surface area contributed by atoms with Crippen LogP contribution in [-0.4, -0.2) is 31.0 Å². The third-order valence-electron chi connectivity index (χ3n) is 4.89. The summed E-state index contributed by atoms with van der Waals surface area (Å²) in [6.07, 6.45) is 4.38. The van der Waals surface area contributed by atoms with Gasteiger partial charge in [0.05, 0.1) is 12.2 Å². The molecule has 1 aliphatic rings. The van der Waals surface area contributed by atoms with Gasteiger partial charge in [-0.05, 0) is 44.4 Å². The molecule has 1 unspecified atom stereocenters. The number of methoxy groups -OCH3 is 1. The van der Waals surface area contributed by atoms with Gasteiger partial charge < -0.3 is 15.6 Å². The maximum Gasteiger partial charge on any atom is 0.0919 e. The van der Waals surface area contributed by atoms with E-state index in [1.165, 1.54) is 12.8 Å². The number of ether oxygens (including phenoxy) is 1. The van der Waals surface area contributed by atoms with E-state index in [1.54, 1.807) is 7.11 Å². The summed E-state index contributed by atoms with van der Waals surface area (Å²) >= 11 is 0. The summed E-state index contributed by atoms with van der Waals surface area (Å²) in [4.78, 5) is 0. The van der Waals surface area contributed by atoms with Crippen molar-refractivity contribution in [2.24, 2.45) is 23.0 Å². The second-order valence-corrected chi connectivity index (χ2v) is 6.27. The average molecular weight is 243 g/mol. The number of aliphatic hydroxyl groups is 1. The van der Waals surface area contributed by atoms with Crippen LogP contribution in [0.2, 0.25) is 0 Å². The molecule has 0 aliphatic heterocycles. The summed E-state index contributed by atoms with van der Waals surface area (Å²) in [5, 5.41) is 10.6. The molecule has 102 valence electrons. The van der Waals surface area contributed by atoms with Crippen LogP contribution in [0.25, 0.3) is 0 Å². The average Bonchev–Trinajstić information content (AvgIpc) is 2.28. The van der Waals surface area contributed by atoms with Crippen LogP contribution in [0.15, 0.2) is 0 Å². The minimum Gasteiger partial charge on any atom is -0.387 e. The van der Waals surface area contributed by atoms with Crippen molar-refractivity contribution in [2.75, 3.05) is 20.3 Å². The maximum atomic E-state index is 10.6. The molecule has 1 aliphatic carbocycles.